The molecule has 23 heavy (non-hydrogen) atoms. The largest absolute Gasteiger partial charge is 0.451 e. The molecule has 0 aliphatic heterocycles. The highest BCUT2D eigenvalue weighted by molar-refractivity contribution is 6.30. The Morgan fingerprint density at radius 3 is 2.78 bits per heavy atom. The molecule has 0 saturated carbocycles. The number of hydrogen-bond donors (Lipinski definition) is 1. The van der Waals surface area contributed by atoms with Gasteiger partial charge in [-0.15, -0.1) is 5.10 Å². The molecule has 3 aromatic rings. The van der Waals surface area contributed by atoms with Crippen LogP contribution in [0.2, 0.25) is 5.02 Å². The normalized spacial score (nSPS) is 10.7. The van der Waals surface area contributed by atoms with Crippen molar-refractivity contribution in [1.29, 1.82) is 0 Å². The minimum atomic E-state index is -0.429. The van der Waals surface area contributed by atoms with Crippen molar-refractivity contribution in [2.45, 2.75) is 19.9 Å². The number of hydrogen-bond acceptors (Lipinski definition) is 5. The number of aromatic nitrogens is 4. The highest BCUT2D eigenvalue weighted by atomic mass is 35.5. The number of halogens is 1. The van der Waals surface area contributed by atoms with Crippen LogP contribution in [0.4, 0.5) is 5.95 Å². The van der Waals surface area contributed by atoms with Gasteiger partial charge in [-0.3, -0.25) is 10.1 Å². The molecule has 0 radical (unpaired) electrons. The first-order valence-electron chi connectivity index (χ1n) is 7.10. The Morgan fingerprint density at radius 1 is 1.26 bits per heavy atom. The number of anilines is 1. The predicted octanol–water partition coefficient (Wildman–Crippen LogP) is 3.25. The number of furan rings is 1. The lowest BCUT2D eigenvalue weighted by atomic mass is 10.2. The molecule has 1 amide bonds. The molecule has 0 fully saturated rings. The van der Waals surface area contributed by atoms with Gasteiger partial charge in [-0.25, -0.2) is 0 Å². The summed E-state index contributed by atoms with van der Waals surface area (Å²) in [5, 5.41) is 14.8. The molecule has 0 aliphatic rings. The molecule has 0 spiro atoms. The minimum absolute atomic E-state index is 0.146. The van der Waals surface area contributed by atoms with Crippen LogP contribution in [0.3, 0.4) is 0 Å². The second kappa shape index (κ2) is 6.62. The molecule has 2 aromatic heterocycles. The highest BCUT2D eigenvalue weighted by Gasteiger charge is 2.14. The first-order chi connectivity index (χ1) is 11.2. The number of nitrogens with zero attached hydrogens (tertiary/aromatic N) is 4. The van der Waals surface area contributed by atoms with Crippen LogP contribution in [0, 0.1) is 0 Å². The zero-order chi connectivity index (χ0) is 16.2. The zero-order valence-corrected chi connectivity index (χ0v) is 13.1. The van der Waals surface area contributed by atoms with Crippen LogP contribution in [-0.2, 0) is 6.54 Å². The van der Waals surface area contributed by atoms with Gasteiger partial charge in [-0.05, 0) is 48.0 Å². The smallest absolute Gasteiger partial charge is 0.293 e. The van der Waals surface area contributed by atoms with Crippen LogP contribution in [-0.4, -0.2) is 26.1 Å². The van der Waals surface area contributed by atoms with Gasteiger partial charge in [0.2, 0.25) is 0 Å². The van der Waals surface area contributed by atoms with Gasteiger partial charge in [0.1, 0.15) is 5.76 Å². The van der Waals surface area contributed by atoms with E-state index >= 15 is 0 Å². The third kappa shape index (κ3) is 3.57. The maximum atomic E-state index is 12.1. The fraction of sp³-hybridized carbons (Fsp3) is 0.200. The predicted molar refractivity (Wildman–Crippen MR) is 85.2 cm³/mol. The highest BCUT2D eigenvalue weighted by Crippen LogP contribution is 2.24. The lowest BCUT2D eigenvalue weighted by molar-refractivity contribution is 0.0996. The number of rotatable bonds is 5. The van der Waals surface area contributed by atoms with Crippen LogP contribution in [0.15, 0.2) is 40.8 Å². The molecule has 3 rings (SSSR count). The maximum Gasteiger partial charge on any atom is 0.293 e. The molecule has 0 unspecified atom stereocenters. The number of aryl methyl sites for hydroxylation is 1. The average molecular weight is 332 g/mol. The van der Waals surface area contributed by atoms with Crippen molar-refractivity contribution in [3.8, 4) is 11.3 Å². The summed E-state index contributed by atoms with van der Waals surface area (Å²) in [5.41, 5.74) is 0.834. The van der Waals surface area contributed by atoms with Crippen molar-refractivity contribution in [2.24, 2.45) is 0 Å². The van der Waals surface area contributed by atoms with E-state index in [-0.39, 0.29) is 11.7 Å². The molecule has 0 saturated heterocycles. The van der Waals surface area contributed by atoms with E-state index in [1.54, 1.807) is 24.3 Å². The first kappa shape index (κ1) is 15.2. The van der Waals surface area contributed by atoms with E-state index in [4.69, 9.17) is 16.0 Å². The fourth-order valence-electron chi connectivity index (χ4n) is 1.98. The number of carbonyl (C=O) groups is 1. The Bertz CT molecular complexity index is 809. The molecule has 0 aliphatic carbocycles. The number of benzene rings is 1. The van der Waals surface area contributed by atoms with E-state index in [1.807, 2.05) is 19.1 Å². The first-order valence-corrected chi connectivity index (χ1v) is 7.48. The second-order valence-corrected chi connectivity index (χ2v) is 5.27. The van der Waals surface area contributed by atoms with Crippen LogP contribution in [0.25, 0.3) is 11.3 Å². The topological polar surface area (TPSA) is 85.8 Å². The Kier molecular flexibility index (Phi) is 4.38. The van der Waals surface area contributed by atoms with Gasteiger partial charge >= 0.3 is 0 Å². The van der Waals surface area contributed by atoms with Gasteiger partial charge in [0, 0.05) is 10.6 Å². The summed E-state index contributed by atoms with van der Waals surface area (Å²) in [6, 6.07) is 10.5. The maximum absolute atomic E-state index is 12.1. The van der Waals surface area contributed by atoms with Crippen LogP contribution in [0.1, 0.15) is 23.9 Å². The molecular formula is C15H14ClN5O2. The van der Waals surface area contributed by atoms with Crippen LogP contribution >= 0.6 is 11.6 Å². The standard InChI is InChI=1S/C15H14ClN5O2/c1-2-9-21-19-15(18-20-21)17-14(22)13-8-7-12(23-13)10-3-5-11(16)6-4-10/h3-8H,2,9H2,1H3,(H,17,19,22). The molecule has 118 valence electrons. The van der Waals surface area contributed by atoms with Gasteiger partial charge in [0.25, 0.3) is 11.9 Å². The number of amides is 1. The molecular weight excluding hydrogens is 318 g/mol. The van der Waals surface area contributed by atoms with E-state index in [1.165, 1.54) is 4.80 Å². The number of tetrazole rings is 1. The van der Waals surface area contributed by atoms with E-state index < -0.39 is 5.91 Å². The van der Waals surface area contributed by atoms with Gasteiger partial charge in [0.05, 0.1) is 6.54 Å². The van der Waals surface area contributed by atoms with Crippen molar-refractivity contribution in [1.82, 2.24) is 20.2 Å². The van der Waals surface area contributed by atoms with Crippen molar-refractivity contribution < 1.29 is 9.21 Å². The summed E-state index contributed by atoms with van der Waals surface area (Å²) >= 11 is 5.85. The van der Waals surface area contributed by atoms with Crippen molar-refractivity contribution in [2.75, 3.05) is 5.32 Å². The lowest BCUT2D eigenvalue weighted by Gasteiger charge is -1.98. The summed E-state index contributed by atoms with van der Waals surface area (Å²) in [5.74, 6) is 0.463. The monoisotopic (exact) mass is 331 g/mol. The van der Waals surface area contributed by atoms with E-state index in [0.29, 0.717) is 17.3 Å². The van der Waals surface area contributed by atoms with Crippen molar-refractivity contribution in [3.63, 3.8) is 0 Å². The summed E-state index contributed by atoms with van der Waals surface area (Å²) < 4.78 is 5.56. The van der Waals surface area contributed by atoms with Gasteiger partial charge < -0.3 is 4.42 Å². The molecule has 0 atom stereocenters. The molecule has 1 N–H and O–H groups in total. The van der Waals surface area contributed by atoms with Gasteiger partial charge in [-0.1, -0.05) is 23.6 Å². The molecule has 2 heterocycles. The third-order valence-electron chi connectivity index (χ3n) is 3.06. The Hall–Kier alpha value is -2.67. The Labute approximate surface area is 137 Å². The van der Waals surface area contributed by atoms with Gasteiger partial charge in [0.15, 0.2) is 5.76 Å². The second-order valence-electron chi connectivity index (χ2n) is 4.83. The molecule has 0 bridgehead atoms. The molecule has 8 heteroatoms. The van der Waals surface area contributed by atoms with Crippen LogP contribution < -0.4 is 5.32 Å². The summed E-state index contributed by atoms with van der Waals surface area (Å²) in [6.07, 6.45) is 0.881. The summed E-state index contributed by atoms with van der Waals surface area (Å²) in [7, 11) is 0. The van der Waals surface area contributed by atoms with Crippen LogP contribution in [0.5, 0.6) is 0 Å². The number of nitrogens with one attached hydrogen (secondary N) is 1. The average Bonchev–Trinajstić information content (AvgIpc) is 3.18. The van der Waals surface area contributed by atoms with E-state index in [9.17, 15) is 4.79 Å². The lowest BCUT2D eigenvalue weighted by Crippen LogP contribution is -2.12. The zero-order valence-electron chi connectivity index (χ0n) is 12.4. The Morgan fingerprint density at radius 2 is 2.04 bits per heavy atom. The molecule has 1 aromatic carbocycles. The van der Waals surface area contributed by atoms with E-state index in [0.717, 1.165) is 12.0 Å². The fourth-order valence-corrected chi connectivity index (χ4v) is 2.11. The van der Waals surface area contributed by atoms with Crippen molar-refractivity contribution >= 4 is 23.5 Å². The minimum Gasteiger partial charge on any atom is -0.451 e. The van der Waals surface area contributed by atoms with Gasteiger partial charge in [-0.2, -0.15) is 4.80 Å². The van der Waals surface area contributed by atoms with Crippen molar-refractivity contribution in [3.05, 3.63) is 47.2 Å². The number of carbonyl (C=O) groups excluding carboxylic acids is 1. The Balaban J connectivity index is 1.71. The third-order valence-corrected chi connectivity index (χ3v) is 3.31. The SMILES string of the molecule is CCCn1nnc(NC(=O)c2ccc(-c3ccc(Cl)cc3)o2)n1. The summed E-state index contributed by atoms with van der Waals surface area (Å²) in [4.78, 5) is 13.6. The molecule has 7 nitrogen and oxygen atoms in total. The van der Waals surface area contributed by atoms with E-state index in [2.05, 4.69) is 20.7 Å². The summed E-state index contributed by atoms with van der Waals surface area (Å²) in [6.45, 7) is 2.65. The quantitative estimate of drug-likeness (QED) is 0.775.